The van der Waals surface area contributed by atoms with Crippen LogP contribution in [0.3, 0.4) is 0 Å². The molecule has 132 valence electrons. The number of benzene rings is 1. The van der Waals surface area contributed by atoms with E-state index in [0.717, 1.165) is 25.8 Å². The zero-order chi connectivity index (χ0) is 17.8. The molecule has 25 heavy (non-hydrogen) atoms. The maximum Gasteiger partial charge on any atom is 0.239 e. The summed E-state index contributed by atoms with van der Waals surface area (Å²) in [7, 11) is 0. The fourth-order valence-corrected chi connectivity index (χ4v) is 3.24. The Bertz CT molecular complexity index is 771. The van der Waals surface area contributed by atoms with E-state index in [1.165, 1.54) is 10.7 Å². The average Bonchev–Trinajstić information content (AvgIpc) is 2.95. The molecular formula is C19H23FN4O. The van der Waals surface area contributed by atoms with Gasteiger partial charge < -0.3 is 5.32 Å². The standard InChI is InChI=1S/C19H23FN4O/c1-3-15-8-6-7-11-23(15)13-19(25)21-18-12-14(2)22-24(18)17-10-5-4-9-16(17)20/h3-5,9-10,12,15H,1,6-8,11,13H2,2H3,(H,21,25). The van der Waals surface area contributed by atoms with Gasteiger partial charge in [-0.25, -0.2) is 9.07 Å². The number of halogens is 1. The average molecular weight is 342 g/mol. The van der Waals surface area contributed by atoms with Gasteiger partial charge in [0.1, 0.15) is 17.3 Å². The summed E-state index contributed by atoms with van der Waals surface area (Å²) in [5, 5.41) is 7.17. The molecule has 6 heteroatoms. The number of rotatable bonds is 5. The number of nitrogens with one attached hydrogen (secondary N) is 1. The van der Waals surface area contributed by atoms with Crippen LogP contribution in [0.15, 0.2) is 43.0 Å². The lowest BCUT2D eigenvalue weighted by molar-refractivity contribution is -0.118. The van der Waals surface area contributed by atoms with E-state index in [1.807, 2.05) is 13.0 Å². The number of aromatic nitrogens is 2. The molecule has 2 aromatic rings. The number of nitrogens with zero attached hydrogens (tertiary/aromatic N) is 3. The Kier molecular flexibility index (Phi) is 5.28. The Hall–Kier alpha value is -2.47. The number of piperidine rings is 1. The van der Waals surface area contributed by atoms with Crippen LogP contribution in [0.2, 0.25) is 0 Å². The summed E-state index contributed by atoms with van der Waals surface area (Å²) < 4.78 is 15.5. The Balaban J connectivity index is 1.76. The van der Waals surface area contributed by atoms with Crippen molar-refractivity contribution in [3.63, 3.8) is 0 Å². The monoisotopic (exact) mass is 342 g/mol. The first-order chi connectivity index (χ1) is 12.1. The van der Waals surface area contributed by atoms with Crippen LogP contribution >= 0.6 is 0 Å². The van der Waals surface area contributed by atoms with Gasteiger partial charge in [0.2, 0.25) is 5.91 Å². The lowest BCUT2D eigenvalue weighted by Crippen LogP contribution is -2.43. The highest BCUT2D eigenvalue weighted by Crippen LogP contribution is 2.21. The molecule has 1 N–H and O–H groups in total. The molecule has 0 aliphatic carbocycles. The van der Waals surface area contributed by atoms with Crippen molar-refractivity contribution in [1.82, 2.24) is 14.7 Å². The second-order valence-electron chi connectivity index (χ2n) is 6.35. The summed E-state index contributed by atoms with van der Waals surface area (Å²) in [5.74, 6) is -0.0464. The topological polar surface area (TPSA) is 50.2 Å². The minimum atomic E-state index is -0.385. The number of aryl methyl sites for hydroxylation is 1. The number of likely N-dealkylation sites (tertiary alicyclic amines) is 1. The highest BCUT2D eigenvalue weighted by molar-refractivity contribution is 5.91. The molecule has 5 nitrogen and oxygen atoms in total. The summed E-state index contributed by atoms with van der Waals surface area (Å²) in [6.07, 6.45) is 5.18. The molecular weight excluding hydrogens is 319 g/mol. The minimum absolute atomic E-state index is 0.133. The van der Waals surface area contributed by atoms with Crippen molar-refractivity contribution in [2.75, 3.05) is 18.4 Å². The minimum Gasteiger partial charge on any atom is -0.309 e. The lowest BCUT2D eigenvalue weighted by Gasteiger charge is -2.33. The van der Waals surface area contributed by atoms with Crippen molar-refractivity contribution < 1.29 is 9.18 Å². The SMILES string of the molecule is C=CC1CCCCN1CC(=O)Nc1cc(C)nn1-c1ccccc1F. The number of para-hydroxylation sites is 1. The van der Waals surface area contributed by atoms with Crippen LogP contribution in [-0.2, 0) is 4.79 Å². The van der Waals surface area contributed by atoms with E-state index in [0.29, 0.717) is 17.2 Å². The zero-order valence-electron chi connectivity index (χ0n) is 14.4. The Labute approximate surface area is 147 Å². The van der Waals surface area contributed by atoms with Crippen molar-refractivity contribution in [1.29, 1.82) is 0 Å². The van der Waals surface area contributed by atoms with Crippen LogP contribution in [0, 0.1) is 12.7 Å². The first-order valence-electron chi connectivity index (χ1n) is 8.56. The molecule has 1 aromatic heterocycles. The molecule has 1 aliphatic heterocycles. The predicted octanol–water partition coefficient (Wildman–Crippen LogP) is 3.30. The summed E-state index contributed by atoms with van der Waals surface area (Å²) in [6.45, 7) is 6.85. The molecule has 1 aromatic carbocycles. The molecule has 0 bridgehead atoms. The van der Waals surface area contributed by atoms with Crippen LogP contribution < -0.4 is 5.32 Å². The molecule has 1 unspecified atom stereocenters. The van der Waals surface area contributed by atoms with E-state index >= 15 is 0 Å². The highest BCUT2D eigenvalue weighted by Gasteiger charge is 2.22. The van der Waals surface area contributed by atoms with E-state index in [1.54, 1.807) is 24.3 Å². The van der Waals surface area contributed by atoms with Gasteiger partial charge in [-0.2, -0.15) is 5.10 Å². The lowest BCUT2D eigenvalue weighted by atomic mass is 10.0. The largest absolute Gasteiger partial charge is 0.309 e. The van der Waals surface area contributed by atoms with Crippen LogP contribution in [0.1, 0.15) is 25.0 Å². The normalized spacial score (nSPS) is 18.1. The first-order valence-corrected chi connectivity index (χ1v) is 8.56. The fraction of sp³-hybridized carbons (Fsp3) is 0.368. The third-order valence-electron chi connectivity index (χ3n) is 4.46. The number of amides is 1. The van der Waals surface area contributed by atoms with Crippen LogP contribution in [0.4, 0.5) is 10.2 Å². The van der Waals surface area contributed by atoms with E-state index < -0.39 is 0 Å². The van der Waals surface area contributed by atoms with Gasteiger partial charge in [-0.05, 0) is 38.4 Å². The van der Waals surface area contributed by atoms with Gasteiger partial charge in [0.05, 0.1) is 12.2 Å². The van der Waals surface area contributed by atoms with Gasteiger partial charge in [-0.1, -0.05) is 24.6 Å². The zero-order valence-corrected chi connectivity index (χ0v) is 14.4. The van der Waals surface area contributed by atoms with E-state index in [4.69, 9.17) is 0 Å². The number of anilines is 1. The van der Waals surface area contributed by atoms with Gasteiger partial charge in [0.15, 0.2) is 0 Å². The molecule has 1 saturated heterocycles. The van der Waals surface area contributed by atoms with Crippen molar-refractivity contribution in [3.8, 4) is 5.69 Å². The molecule has 1 fully saturated rings. The second-order valence-corrected chi connectivity index (χ2v) is 6.35. The third kappa shape index (κ3) is 3.96. The molecule has 2 heterocycles. The quantitative estimate of drug-likeness (QED) is 0.848. The second kappa shape index (κ2) is 7.61. The predicted molar refractivity (Wildman–Crippen MR) is 96.3 cm³/mol. The highest BCUT2D eigenvalue weighted by atomic mass is 19.1. The summed E-state index contributed by atoms with van der Waals surface area (Å²) in [6, 6.07) is 8.35. The maximum absolute atomic E-state index is 14.1. The maximum atomic E-state index is 14.1. The number of carbonyl (C=O) groups excluding carboxylic acids is 1. The molecule has 0 saturated carbocycles. The summed E-state index contributed by atoms with van der Waals surface area (Å²) in [5.41, 5.74) is 1.02. The third-order valence-corrected chi connectivity index (χ3v) is 4.46. The van der Waals surface area contributed by atoms with Gasteiger partial charge in [0, 0.05) is 12.1 Å². The van der Waals surface area contributed by atoms with Gasteiger partial charge >= 0.3 is 0 Å². The molecule has 0 radical (unpaired) electrons. The smallest absolute Gasteiger partial charge is 0.239 e. The van der Waals surface area contributed by atoms with Crippen molar-refractivity contribution in [2.24, 2.45) is 0 Å². The molecule has 0 spiro atoms. The van der Waals surface area contributed by atoms with E-state index in [9.17, 15) is 9.18 Å². The number of hydrogen-bond acceptors (Lipinski definition) is 3. The molecule has 1 atom stereocenters. The van der Waals surface area contributed by atoms with Crippen molar-refractivity contribution in [3.05, 3.63) is 54.5 Å². The molecule has 1 aliphatic rings. The van der Waals surface area contributed by atoms with Crippen molar-refractivity contribution in [2.45, 2.75) is 32.2 Å². The Morgan fingerprint density at radius 2 is 2.24 bits per heavy atom. The number of carbonyl (C=O) groups is 1. The van der Waals surface area contributed by atoms with Gasteiger partial charge in [-0.3, -0.25) is 9.69 Å². The molecule has 1 amide bonds. The molecule has 3 rings (SSSR count). The van der Waals surface area contributed by atoms with Crippen LogP contribution in [0.5, 0.6) is 0 Å². The van der Waals surface area contributed by atoms with Gasteiger partial charge in [-0.15, -0.1) is 6.58 Å². The summed E-state index contributed by atoms with van der Waals surface area (Å²) in [4.78, 5) is 14.6. The Morgan fingerprint density at radius 1 is 1.44 bits per heavy atom. The first kappa shape index (κ1) is 17.4. The summed E-state index contributed by atoms with van der Waals surface area (Å²) >= 11 is 0. The van der Waals surface area contributed by atoms with E-state index in [-0.39, 0.29) is 24.3 Å². The Morgan fingerprint density at radius 3 is 3.00 bits per heavy atom. The number of hydrogen-bond donors (Lipinski definition) is 1. The van der Waals surface area contributed by atoms with Crippen LogP contribution in [0.25, 0.3) is 5.69 Å². The fourth-order valence-electron chi connectivity index (χ4n) is 3.24. The van der Waals surface area contributed by atoms with Crippen LogP contribution in [-0.4, -0.2) is 39.7 Å². The van der Waals surface area contributed by atoms with E-state index in [2.05, 4.69) is 21.9 Å². The van der Waals surface area contributed by atoms with Gasteiger partial charge in [0.25, 0.3) is 0 Å². The van der Waals surface area contributed by atoms with Crippen molar-refractivity contribution >= 4 is 11.7 Å².